The topological polar surface area (TPSA) is 44.8 Å². The summed E-state index contributed by atoms with van der Waals surface area (Å²) in [6.07, 6.45) is 0.379. The molecule has 0 amide bonds. The number of carbonyl (C=O) groups is 1. The molecule has 0 aromatic heterocycles. The van der Waals surface area contributed by atoms with Crippen molar-refractivity contribution >= 4 is 14.3 Å². The lowest BCUT2D eigenvalue weighted by molar-refractivity contribution is -0.144. The Bertz CT molecular complexity index is 518. The minimum Gasteiger partial charge on any atom is -0.541 e. The highest BCUT2D eigenvalue weighted by molar-refractivity contribution is 6.74. The van der Waals surface area contributed by atoms with Crippen LogP contribution in [-0.2, 0) is 16.1 Å². The summed E-state index contributed by atoms with van der Waals surface area (Å²) in [6, 6.07) is 5.67. The maximum Gasteiger partial charge on any atom is 0.305 e. The van der Waals surface area contributed by atoms with Crippen molar-refractivity contribution in [3.05, 3.63) is 23.8 Å². The van der Waals surface area contributed by atoms with Crippen molar-refractivity contribution in [1.82, 2.24) is 0 Å². The molecule has 0 N–H and O–H groups in total. The van der Waals surface area contributed by atoms with E-state index in [2.05, 4.69) is 33.9 Å². The minimum absolute atomic E-state index is 0.118. The third-order valence-corrected chi connectivity index (χ3v) is 8.43. The average Bonchev–Trinajstić information content (AvgIpc) is 2.44. The van der Waals surface area contributed by atoms with E-state index in [0.717, 1.165) is 11.3 Å². The third-order valence-electron chi connectivity index (χ3n) is 4.09. The number of benzene rings is 1. The van der Waals surface area contributed by atoms with Crippen molar-refractivity contribution in [2.45, 2.75) is 58.9 Å². The second-order valence-corrected chi connectivity index (χ2v) is 11.6. The molecule has 0 bridgehead atoms. The van der Waals surface area contributed by atoms with Gasteiger partial charge in [0.1, 0.15) is 12.4 Å². The molecule has 0 spiro atoms. The Morgan fingerprint density at radius 1 is 1.18 bits per heavy atom. The Labute approximate surface area is 134 Å². The Kier molecular flexibility index (Phi) is 6.05. The van der Waals surface area contributed by atoms with E-state index in [4.69, 9.17) is 13.9 Å². The molecule has 22 heavy (non-hydrogen) atoms. The standard InChI is InChI=1S/C17H28O4Si/c1-8-16(18)20-12-13-9-10-14(15(11-13)19-5)21-22(6,7)17(2,3)4/h9-11H,8,12H2,1-7H3. The van der Waals surface area contributed by atoms with Gasteiger partial charge in [-0.25, -0.2) is 0 Å². The molecule has 0 atom stereocenters. The largest absolute Gasteiger partial charge is 0.541 e. The van der Waals surface area contributed by atoms with Gasteiger partial charge in [0.15, 0.2) is 5.75 Å². The molecule has 0 saturated carbocycles. The predicted molar refractivity (Wildman–Crippen MR) is 90.9 cm³/mol. The summed E-state index contributed by atoms with van der Waals surface area (Å²) in [7, 11) is -0.298. The second-order valence-electron chi connectivity index (χ2n) is 6.86. The number of methoxy groups -OCH3 is 1. The van der Waals surface area contributed by atoms with Gasteiger partial charge >= 0.3 is 5.97 Å². The monoisotopic (exact) mass is 324 g/mol. The zero-order valence-electron chi connectivity index (χ0n) is 14.8. The Morgan fingerprint density at radius 2 is 1.82 bits per heavy atom. The van der Waals surface area contributed by atoms with Crippen LogP contribution in [0.25, 0.3) is 0 Å². The molecule has 0 aliphatic carbocycles. The SMILES string of the molecule is CCC(=O)OCc1ccc(O[Si](C)(C)C(C)(C)C)c(OC)c1. The van der Waals surface area contributed by atoms with Crippen LogP contribution in [0.2, 0.25) is 18.1 Å². The maximum atomic E-state index is 11.2. The third kappa shape index (κ3) is 4.76. The fourth-order valence-corrected chi connectivity index (χ4v) is 2.60. The molecule has 1 aromatic rings. The Balaban J connectivity index is 2.92. The van der Waals surface area contributed by atoms with Crippen LogP contribution >= 0.6 is 0 Å². The van der Waals surface area contributed by atoms with E-state index in [1.165, 1.54) is 0 Å². The van der Waals surface area contributed by atoms with Crippen molar-refractivity contribution in [3.8, 4) is 11.5 Å². The average molecular weight is 324 g/mol. The van der Waals surface area contributed by atoms with Crippen molar-refractivity contribution in [2.24, 2.45) is 0 Å². The summed E-state index contributed by atoms with van der Waals surface area (Å²) in [4.78, 5) is 11.2. The number of carbonyl (C=O) groups excluding carboxylic acids is 1. The zero-order valence-corrected chi connectivity index (χ0v) is 15.8. The summed E-state index contributed by atoms with van der Waals surface area (Å²) in [5.74, 6) is 1.22. The first-order chi connectivity index (χ1) is 10.1. The van der Waals surface area contributed by atoms with Crippen molar-refractivity contribution in [3.63, 3.8) is 0 Å². The fourth-order valence-electron chi connectivity index (χ4n) is 1.58. The molecule has 0 radical (unpaired) electrons. The minimum atomic E-state index is -1.92. The first-order valence-corrected chi connectivity index (χ1v) is 10.5. The Morgan fingerprint density at radius 3 is 2.32 bits per heavy atom. The molecular weight excluding hydrogens is 296 g/mol. The number of hydrogen-bond acceptors (Lipinski definition) is 4. The smallest absolute Gasteiger partial charge is 0.305 e. The lowest BCUT2D eigenvalue weighted by Gasteiger charge is -2.36. The van der Waals surface area contributed by atoms with Crippen LogP contribution < -0.4 is 9.16 Å². The molecule has 1 rings (SSSR count). The van der Waals surface area contributed by atoms with Gasteiger partial charge in [-0.1, -0.05) is 33.8 Å². The van der Waals surface area contributed by atoms with Crippen LogP contribution in [0, 0.1) is 0 Å². The molecule has 0 fully saturated rings. The van der Waals surface area contributed by atoms with Gasteiger partial charge in [-0.2, -0.15) is 0 Å². The number of esters is 1. The van der Waals surface area contributed by atoms with Gasteiger partial charge in [-0.15, -0.1) is 0 Å². The van der Waals surface area contributed by atoms with Gasteiger partial charge in [-0.05, 0) is 35.8 Å². The number of hydrogen-bond donors (Lipinski definition) is 0. The summed E-state index contributed by atoms with van der Waals surface area (Å²) in [5.41, 5.74) is 0.890. The van der Waals surface area contributed by atoms with Gasteiger partial charge in [0.2, 0.25) is 0 Å². The zero-order chi connectivity index (χ0) is 17.0. The van der Waals surface area contributed by atoms with E-state index in [1.807, 2.05) is 18.2 Å². The van der Waals surface area contributed by atoms with Gasteiger partial charge in [0.05, 0.1) is 7.11 Å². The molecule has 0 aliphatic rings. The van der Waals surface area contributed by atoms with E-state index < -0.39 is 8.32 Å². The van der Waals surface area contributed by atoms with Crippen LogP contribution in [0.15, 0.2) is 18.2 Å². The first kappa shape index (κ1) is 18.6. The molecule has 5 heteroatoms. The van der Waals surface area contributed by atoms with Gasteiger partial charge < -0.3 is 13.9 Å². The molecule has 0 saturated heterocycles. The fraction of sp³-hybridized carbons (Fsp3) is 0.588. The van der Waals surface area contributed by atoms with E-state index in [-0.39, 0.29) is 17.6 Å². The lowest BCUT2D eigenvalue weighted by Crippen LogP contribution is -2.43. The quantitative estimate of drug-likeness (QED) is 0.569. The molecule has 124 valence electrons. The first-order valence-electron chi connectivity index (χ1n) is 7.62. The van der Waals surface area contributed by atoms with E-state index in [1.54, 1.807) is 14.0 Å². The molecule has 0 aliphatic heterocycles. The van der Waals surface area contributed by atoms with Crippen LogP contribution in [0.4, 0.5) is 0 Å². The van der Waals surface area contributed by atoms with Gasteiger partial charge in [-0.3, -0.25) is 4.79 Å². The molecule has 4 nitrogen and oxygen atoms in total. The summed E-state index contributed by atoms with van der Waals surface area (Å²) in [6.45, 7) is 13.0. The van der Waals surface area contributed by atoms with E-state index in [9.17, 15) is 4.79 Å². The van der Waals surface area contributed by atoms with Crippen molar-refractivity contribution in [2.75, 3.05) is 7.11 Å². The second kappa shape index (κ2) is 7.18. The van der Waals surface area contributed by atoms with Crippen LogP contribution in [0.5, 0.6) is 11.5 Å². The lowest BCUT2D eigenvalue weighted by atomic mass is 10.2. The number of ether oxygens (including phenoxy) is 2. The van der Waals surface area contributed by atoms with Crippen LogP contribution in [-0.4, -0.2) is 21.4 Å². The Hall–Kier alpha value is -1.49. The molecule has 0 heterocycles. The summed E-state index contributed by atoms with van der Waals surface area (Å²) >= 11 is 0. The summed E-state index contributed by atoms with van der Waals surface area (Å²) in [5, 5.41) is 0.118. The maximum absolute atomic E-state index is 11.2. The molecular formula is C17H28O4Si. The van der Waals surface area contributed by atoms with Gasteiger partial charge in [0, 0.05) is 6.42 Å². The highest BCUT2D eigenvalue weighted by Gasteiger charge is 2.39. The predicted octanol–water partition coefficient (Wildman–Crippen LogP) is 4.53. The number of rotatable bonds is 6. The van der Waals surface area contributed by atoms with E-state index >= 15 is 0 Å². The summed E-state index contributed by atoms with van der Waals surface area (Å²) < 4.78 is 16.9. The van der Waals surface area contributed by atoms with Gasteiger partial charge in [0.25, 0.3) is 8.32 Å². The van der Waals surface area contributed by atoms with Crippen molar-refractivity contribution in [1.29, 1.82) is 0 Å². The normalized spacial score (nSPS) is 12.0. The molecule has 0 unspecified atom stereocenters. The van der Waals surface area contributed by atoms with Crippen molar-refractivity contribution < 1.29 is 18.7 Å². The van der Waals surface area contributed by atoms with Crippen LogP contribution in [0.3, 0.4) is 0 Å². The molecule has 1 aromatic carbocycles. The highest BCUT2D eigenvalue weighted by Crippen LogP contribution is 2.40. The van der Waals surface area contributed by atoms with E-state index in [0.29, 0.717) is 12.2 Å². The highest BCUT2D eigenvalue weighted by atomic mass is 28.4. The van der Waals surface area contributed by atoms with Crippen LogP contribution in [0.1, 0.15) is 39.7 Å².